The van der Waals surface area contributed by atoms with E-state index < -0.39 is 0 Å². The minimum atomic E-state index is -0.169. The van der Waals surface area contributed by atoms with E-state index >= 15 is 0 Å². The Hall–Kier alpha value is -0.160. The molecule has 0 bridgehead atoms. The molecule has 4 heteroatoms. The molecular weight excluding hydrogens is 268 g/mol. The molecule has 0 rings (SSSR count). The number of hydrogen-bond acceptors (Lipinski definition) is 4. The number of ether oxygens (including phenoxy) is 3. The van der Waals surface area contributed by atoms with Crippen LogP contribution in [0, 0.1) is 0 Å². The van der Waals surface area contributed by atoms with E-state index in [1.807, 2.05) is 0 Å². The summed E-state index contributed by atoms with van der Waals surface area (Å²) in [5.74, 6) is 0. The van der Waals surface area contributed by atoms with Gasteiger partial charge in [-0.25, -0.2) is 0 Å². The third-order valence-corrected chi connectivity index (χ3v) is 4.80. The topological polar surface area (TPSA) is 47.9 Å². The Balaban J connectivity index is 4.49. The molecule has 0 aromatic heterocycles. The summed E-state index contributed by atoms with van der Waals surface area (Å²) in [7, 11) is 1.73. The summed E-state index contributed by atoms with van der Waals surface area (Å²) in [5.41, 5.74) is -0.253. The predicted molar refractivity (Wildman–Crippen MR) is 86.7 cm³/mol. The number of aliphatic hydroxyl groups is 1. The molecule has 4 nitrogen and oxygen atoms in total. The zero-order valence-electron chi connectivity index (χ0n) is 14.7. The molecule has 0 aliphatic rings. The molecule has 21 heavy (non-hydrogen) atoms. The van der Waals surface area contributed by atoms with Crippen molar-refractivity contribution in [3.8, 4) is 0 Å². The second-order valence-electron chi connectivity index (χ2n) is 5.69. The van der Waals surface area contributed by atoms with Gasteiger partial charge in [0.05, 0.1) is 31.0 Å². The average molecular weight is 304 g/mol. The van der Waals surface area contributed by atoms with Gasteiger partial charge in [0.1, 0.15) is 0 Å². The van der Waals surface area contributed by atoms with Crippen LogP contribution in [0.1, 0.15) is 66.2 Å². The summed E-state index contributed by atoms with van der Waals surface area (Å²) in [6, 6.07) is 0. The van der Waals surface area contributed by atoms with Gasteiger partial charge < -0.3 is 19.3 Å². The van der Waals surface area contributed by atoms with E-state index in [0.29, 0.717) is 13.2 Å². The predicted octanol–water partition coefficient (Wildman–Crippen LogP) is 3.56. The van der Waals surface area contributed by atoms with Gasteiger partial charge in [0.2, 0.25) is 0 Å². The van der Waals surface area contributed by atoms with E-state index in [1.165, 1.54) is 0 Å². The summed E-state index contributed by atoms with van der Waals surface area (Å²) < 4.78 is 17.3. The fourth-order valence-electron chi connectivity index (χ4n) is 2.76. The first-order chi connectivity index (χ1) is 10.1. The first kappa shape index (κ1) is 20.8. The monoisotopic (exact) mass is 304 g/mol. The summed E-state index contributed by atoms with van der Waals surface area (Å²) in [5, 5.41) is 8.98. The van der Waals surface area contributed by atoms with E-state index in [4.69, 9.17) is 19.3 Å². The molecule has 1 N–H and O–H groups in total. The molecule has 0 amide bonds. The van der Waals surface area contributed by atoms with Gasteiger partial charge in [-0.05, 0) is 38.5 Å². The van der Waals surface area contributed by atoms with Crippen molar-refractivity contribution in [2.24, 2.45) is 0 Å². The SMILES string of the molecule is CCC(CC)(CCOC)OCCC(CC)(CC)OCCO. The summed E-state index contributed by atoms with van der Waals surface area (Å²) in [4.78, 5) is 0. The Morgan fingerprint density at radius 3 is 1.52 bits per heavy atom. The van der Waals surface area contributed by atoms with Crippen LogP contribution in [0.5, 0.6) is 0 Å². The maximum Gasteiger partial charge on any atom is 0.0705 e. The molecule has 0 atom stereocenters. The van der Waals surface area contributed by atoms with Crippen LogP contribution < -0.4 is 0 Å². The zero-order valence-corrected chi connectivity index (χ0v) is 14.7. The highest BCUT2D eigenvalue weighted by Gasteiger charge is 2.30. The van der Waals surface area contributed by atoms with Gasteiger partial charge in [0, 0.05) is 13.7 Å². The van der Waals surface area contributed by atoms with E-state index in [-0.39, 0.29) is 17.8 Å². The fourth-order valence-corrected chi connectivity index (χ4v) is 2.76. The number of methoxy groups -OCH3 is 1. The molecule has 0 saturated heterocycles. The quantitative estimate of drug-likeness (QED) is 0.533. The lowest BCUT2D eigenvalue weighted by atomic mass is 9.91. The highest BCUT2D eigenvalue weighted by atomic mass is 16.5. The molecule has 0 aliphatic carbocycles. The van der Waals surface area contributed by atoms with Gasteiger partial charge in [-0.1, -0.05) is 27.7 Å². The highest BCUT2D eigenvalue weighted by molar-refractivity contribution is 4.81. The van der Waals surface area contributed by atoms with Crippen molar-refractivity contribution in [3.63, 3.8) is 0 Å². The van der Waals surface area contributed by atoms with Gasteiger partial charge in [-0.3, -0.25) is 0 Å². The van der Waals surface area contributed by atoms with E-state index in [1.54, 1.807) is 7.11 Å². The Labute approximate surface area is 131 Å². The molecule has 0 aliphatic heterocycles. The smallest absolute Gasteiger partial charge is 0.0705 e. The summed E-state index contributed by atoms with van der Waals surface area (Å²) >= 11 is 0. The first-order valence-corrected chi connectivity index (χ1v) is 8.45. The van der Waals surface area contributed by atoms with Crippen molar-refractivity contribution < 1.29 is 19.3 Å². The van der Waals surface area contributed by atoms with Gasteiger partial charge in [-0.15, -0.1) is 0 Å². The fraction of sp³-hybridized carbons (Fsp3) is 1.00. The Kier molecular flexibility index (Phi) is 11.3. The normalized spacial score (nSPS) is 12.9. The van der Waals surface area contributed by atoms with Crippen LogP contribution in [-0.2, 0) is 14.2 Å². The van der Waals surface area contributed by atoms with Crippen LogP contribution in [0.3, 0.4) is 0 Å². The number of rotatable bonds is 14. The number of aliphatic hydroxyl groups excluding tert-OH is 1. The van der Waals surface area contributed by atoms with Crippen LogP contribution >= 0.6 is 0 Å². The summed E-state index contributed by atoms with van der Waals surface area (Å²) in [6.07, 6.45) is 5.67. The van der Waals surface area contributed by atoms with Crippen LogP contribution in [0.4, 0.5) is 0 Å². The molecule has 0 heterocycles. The van der Waals surface area contributed by atoms with E-state index in [0.717, 1.165) is 45.1 Å². The molecule has 0 aromatic carbocycles. The Bertz CT molecular complexity index is 211. The third kappa shape index (κ3) is 7.09. The van der Waals surface area contributed by atoms with Crippen molar-refractivity contribution in [2.45, 2.75) is 77.4 Å². The minimum Gasteiger partial charge on any atom is -0.394 e. The van der Waals surface area contributed by atoms with Crippen LogP contribution in [0.25, 0.3) is 0 Å². The Morgan fingerprint density at radius 2 is 1.14 bits per heavy atom. The molecule has 0 spiro atoms. The Morgan fingerprint density at radius 1 is 0.714 bits per heavy atom. The number of hydrogen-bond donors (Lipinski definition) is 1. The lowest BCUT2D eigenvalue weighted by Crippen LogP contribution is -2.38. The standard InChI is InChI=1S/C17H36O4/c1-6-16(7-2,10-13-19-5)20-14-11-17(8-3,9-4)21-15-12-18/h18H,6-15H2,1-5H3. The summed E-state index contributed by atoms with van der Waals surface area (Å²) in [6.45, 7) is 10.5. The largest absolute Gasteiger partial charge is 0.394 e. The highest BCUT2D eigenvalue weighted by Crippen LogP contribution is 2.29. The second kappa shape index (κ2) is 11.4. The van der Waals surface area contributed by atoms with Crippen LogP contribution in [0.15, 0.2) is 0 Å². The van der Waals surface area contributed by atoms with Gasteiger partial charge in [0.25, 0.3) is 0 Å². The zero-order chi connectivity index (χ0) is 16.2. The molecule has 0 aromatic rings. The maximum atomic E-state index is 8.98. The van der Waals surface area contributed by atoms with Gasteiger partial charge in [-0.2, -0.15) is 0 Å². The van der Waals surface area contributed by atoms with Crippen molar-refractivity contribution in [2.75, 3.05) is 33.5 Å². The van der Waals surface area contributed by atoms with E-state index in [9.17, 15) is 0 Å². The van der Waals surface area contributed by atoms with Crippen LogP contribution in [0.2, 0.25) is 0 Å². The molecule has 0 unspecified atom stereocenters. The van der Waals surface area contributed by atoms with Gasteiger partial charge in [0.15, 0.2) is 0 Å². The van der Waals surface area contributed by atoms with Crippen molar-refractivity contribution in [3.05, 3.63) is 0 Å². The van der Waals surface area contributed by atoms with E-state index in [2.05, 4.69) is 27.7 Å². The van der Waals surface area contributed by atoms with Crippen LogP contribution in [-0.4, -0.2) is 49.8 Å². The molecular formula is C17H36O4. The molecule has 0 saturated carbocycles. The lowest BCUT2D eigenvalue weighted by Gasteiger charge is -2.36. The maximum absolute atomic E-state index is 8.98. The molecule has 0 radical (unpaired) electrons. The van der Waals surface area contributed by atoms with Gasteiger partial charge >= 0.3 is 0 Å². The van der Waals surface area contributed by atoms with Crippen molar-refractivity contribution in [1.29, 1.82) is 0 Å². The van der Waals surface area contributed by atoms with Crippen molar-refractivity contribution in [1.82, 2.24) is 0 Å². The molecule has 128 valence electrons. The second-order valence-corrected chi connectivity index (χ2v) is 5.69. The third-order valence-electron chi connectivity index (χ3n) is 4.80. The minimum absolute atomic E-state index is 0.0737. The first-order valence-electron chi connectivity index (χ1n) is 8.45. The molecule has 0 fully saturated rings. The van der Waals surface area contributed by atoms with Crippen molar-refractivity contribution >= 4 is 0 Å². The lowest BCUT2D eigenvalue weighted by molar-refractivity contribution is -0.114. The average Bonchev–Trinajstić information content (AvgIpc) is 2.54.